The number of para-hydroxylation sites is 2. The lowest BCUT2D eigenvalue weighted by molar-refractivity contribution is -0.115. The first-order chi connectivity index (χ1) is 16.6. The Balaban J connectivity index is 1.53. The van der Waals surface area contributed by atoms with E-state index in [2.05, 4.69) is 22.4 Å². The van der Waals surface area contributed by atoms with Gasteiger partial charge in [0.1, 0.15) is 0 Å². The minimum Gasteiger partial charge on any atom is -0.325 e. The van der Waals surface area contributed by atoms with Gasteiger partial charge in [-0.3, -0.25) is 14.0 Å². The van der Waals surface area contributed by atoms with Crippen LogP contribution in [0.5, 0.6) is 0 Å². The summed E-state index contributed by atoms with van der Waals surface area (Å²) in [4.78, 5) is 26.2. The summed E-state index contributed by atoms with van der Waals surface area (Å²) in [5, 5.41) is 12.3. The summed E-state index contributed by atoms with van der Waals surface area (Å²) in [5.41, 5.74) is 3.20. The van der Waals surface area contributed by atoms with Gasteiger partial charge >= 0.3 is 0 Å². The number of hydrogen-bond acceptors (Lipinski definition) is 5. The highest BCUT2D eigenvalue weighted by atomic mass is 32.2. The Hall–Kier alpha value is -3.91. The topological polar surface area (TPSA) is 81.3 Å². The molecule has 3 aromatic carbocycles. The molecular formula is C26H23N5O2S. The monoisotopic (exact) mass is 469 g/mol. The van der Waals surface area contributed by atoms with E-state index in [0.717, 1.165) is 12.1 Å². The molecule has 34 heavy (non-hydrogen) atoms. The third-order valence-corrected chi connectivity index (χ3v) is 6.73. The number of nitrogens with one attached hydrogen (secondary N) is 1. The number of hydrogen-bond donors (Lipinski definition) is 1. The van der Waals surface area contributed by atoms with Crippen molar-refractivity contribution in [3.63, 3.8) is 0 Å². The van der Waals surface area contributed by atoms with E-state index in [1.165, 1.54) is 17.3 Å². The van der Waals surface area contributed by atoms with E-state index < -0.39 is 5.25 Å². The summed E-state index contributed by atoms with van der Waals surface area (Å²) in [5.74, 6) is 0.270. The quantitative estimate of drug-likeness (QED) is 0.364. The van der Waals surface area contributed by atoms with E-state index in [0.29, 0.717) is 27.5 Å². The molecule has 0 fully saturated rings. The van der Waals surface area contributed by atoms with Crippen molar-refractivity contribution in [2.45, 2.75) is 30.7 Å². The zero-order valence-electron chi connectivity index (χ0n) is 18.8. The third kappa shape index (κ3) is 3.97. The Morgan fingerprint density at radius 2 is 1.68 bits per heavy atom. The smallest absolute Gasteiger partial charge is 0.267 e. The molecule has 5 rings (SSSR count). The Morgan fingerprint density at radius 3 is 2.41 bits per heavy atom. The van der Waals surface area contributed by atoms with Gasteiger partial charge in [-0.15, -0.1) is 10.2 Å². The molecule has 5 aromatic rings. The van der Waals surface area contributed by atoms with Crippen molar-refractivity contribution in [3.8, 4) is 5.69 Å². The predicted octanol–water partition coefficient (Wildman–Crippen LogP) is 4.72. The molecule has 1 N–H and O–H groups in total. The van der Waals surface area contributed by atoms with Crippen molar-refractivity contribution < 1.29 is 4.79 Å². The minimum absolute atomic E-state index is 0.133. The van der Waals surface area contributed by atoms with Crippen molar-refractivity contribution >= 4 is 40.0 Å². The Bertz CT molecular complexity index is 1540. The van der Waals surface area contributed by atoms with Crippen molar-refractivity contribution in [3.05, 3.63) is 94.8 Å². The second kappa shape index (κ2) is 9.15. The average Bonchev–Trinajstić information content (AvgIpc) is 3.28. The zero-order chi connectivity index (χ0) is 23.7. The highest BCUT2D eigenvalue weighted by Crippen LogP contribution is 2.27. The van der Waals surface area contributed by atoms with E-state index in [9.17, 15) is 9.59 Å². The van der Waals surface area contributed by atoms with Crippen LogP contribution in [0.3, 0.4) is 0 Å². The molecule has 2 heterocycles. The number of carbonyl (C=O) groups is 1. The molecule has 2 aromatic heterocycles. The van der Waals surface area contributed by atoms with Crippen LogP contribution < -0.4 is 10.9 Å². The maximum absolute atomic E-state index is 13.3. The molecule has 0 saturated heterocycles. The first-order valence-electron chi connectivity index (χ1n) is 11.1. The van der Waals surface area contributed by atoms with Gasteiger partial charge in [-0.25, -0.2) is 4.57 Å². The summed E-state index contributed by atoms with van der Waals surface area (Å²) in [6, 6.07) is 24.6. The lowest BCUT2D eigenvalue weighted by atomic mass is 10.1. The second-order valence-electron chi connectivity index (χ2n) is 7.91. The normalized spacial score (nSPS) is 12.2. The number of rotatable bonds is 6. The van der Waals surface area contributed by atoms with Gasteiger partial charge in [0.15, 0.2) is 5.16 Å². The summed E-state index contributed by atoms with van der Waals surface area (Å²) < 4.78 is 3.40. The molecule has 1 amide bonds. The maximum Gasteiger partial charge on any atom is 0.267 e. The first-order valence-corrected chi connectivity index (χ1v) is 12.0. The Morgan fingerprint density at radius 1 is 0.971 bits per heavy atom. The van der Waals surface area contributed by atoms with E-state index in [1.807, 2.05) is 84.1 Å². The van der Waals surface area contributed by atoms with Crippen molar-refractivity contribution in [1.29, 1.82) is 0 Å². The van der Waals surface area contributed by atoms with Crippen molar-refractivity contribution in [1.82, 2.24) is 19.2 Å². The standard InChI is InChI=1S/C26H23N5O2S/c1-3-18-13-15-19(16-14-18)27-23(32)17(2)34-26-29-28-25-30(20-9-5-4-6-10-20)24(33)21-11-7-8-12-22(21)31(25)26/h4-17H,3H2,1-2H3,(H,27,32)/t17-/m0/s1. The van der Waals surface area contributed by atoms with Crippen molar-refractivity contribution in [2.24, 2.45) is 0 Å². The SMILES string of the molecule is CCc1ccc(NC(=O)[C@H](C)Sc2nnc3n(-c4ccccc4)c(=O)c4ccccc4n23)cc1. The molecular weight excluding hydrogens is 446 g/mol. The molecule has 0 radical (unpaired) electrons. The van der Waals surface area contributed by atoms with E-state index in [4.69, 9.17) is 0 Å². The maximum atomic E-state index is 13.3. The molecule has 0 aliphatic carbocycles. The third-order valence-electron chi connectivity index (χ3n) is 5.69. The summed E-state index contributed by atoms with van der Waals surface area (Å²) in [7, 11) is 0. The van der Waals surface area contributed by atoms with Gasteiger partial charge in [0.2, 0.25) is 11.7 Å². The van der Waals surface area contributed by atoms with E-state index in [-0.39, 0.29) is 11.5 Å². The first kappa shape index (κ1) is 21.9. The molecule has 1 atom stereocenters. The summed E-state index contributed by atoms with van der Waals surface area (Å²) in [6.45, 7) is 3.92. The molecule has 0 unspecified atom stereocenters. The van der Waals surface area contributed by atoms with Gasteiger partial charge in [0.05, 0.1) is 21.8 Å². The predicted molar refractivity (Wildman–Crippen MR) is 136 cm³/mol. The van der Waals surface area contributed by atoms with Gasteiger partial charge in [0, 0.05) is 5.69 Å². The fraction of sp³-hybridized carbons (Fsp3) is 0.154. The summed E-state index contributed by atoms with van der Waals surface area (Å²) >= 11 is 1.30. The molecule has 0 bridgehead atoms. The molecule has 0 aliphatic rings. The van der Waals surface area contributed by atoms with Gasteiger partial charge < -0.3 is 5.32 Å². The van der Waals surface area contributed by atoms with Crippen LogP contribution in [0, 0.1) is 0 Å². The molecule has 170 valence electrons. The van der Waals surface area contributed by atoms with Gasteiger partial charge in [-0.2, -0.15) is 0 Å². The highest BCUT2D eigenvalue weighted by molar-refractivity contribution is 8.00. The van der Waals surface area contributed by atoms with Crippen LogP contribution in [-0.2, 0) is 11.2 Å². The van der Waals surface area contributed by atoms with Crippen LogP contribution in [0.25, 0.3) is 22.4 Å². The van der Waals surface area contributed by atoms with Gasteiger partial charge in [-0.1, -0.05) is 61.2 Å². The van der Waals surface area contributed by atoms with Crippen LogP contribution in [0.2, 0.25) is 0 Å². The van der Waals surface area contributed by atoms with E-state index in [1.54, 1.807) is 10.6 Å². The van der Waals surface area contributed by atoms with Crippen LogP contribution in [0.1, 0.15) is 19.4 Å². The number of fused-ring (bicyclic) bond motifs is 3. The van der Waals surface area contributed by atoms with Crippen LogP contribution >= 0.6 is 11.8 Å². The van der Waals surface area contributed by atoms with E-state index >= 15 is 0 Å². The largest absolute Gasteiger partial charge is 0.325 e. The fourth-order valence-electron chi connectivity index (χ4n) is 3.84. The van der Waals surface area contributed by atoms with Crippen LogP contribution in [0.15, 0.2) is 88.8 Å². The molecule has 0 aliphatic heterocycles. The number of nitrogens with zero attached hydrogens (tertiary/aromatic N) is 4. The number of aryl methyl sites for hydroxylation is 1. The fourth-order valence-corrected chi connectivity index (χ4v) is 4.70. The molecule has 8 heteroatoms. The lowest BCUT2D eigenvalue weighted by Crippen LogP contribution is -2.23. The highest BCUT2D eigenvalue weighted by Gasteiger charge is 2.22. The Kier molecular flexibility index (Phi) is 5.90. The number of benzene rings is 3. The molecule has 7 nitrogen and oxygen atoms in total. The summed E-state index contributed by atoms with van der Waals surface area (Å²) in [6.07, 6.45) is 0.947. The van der Waals surface area contributed by atoms with Gasteiger partial charge in [0.25, 0.3) is 5.56 Å². The van der Waals surface area contributed by atoms with Crippen LogP contribution in [0.4, 0.5) is 5.69 Å². The molecule has 0 saturated carbocycles. The second-order valence-corrected chi connectivity index (χ2v) is 9.22. The van der Waals surface area contributed by atoms with Gasteiger partial charge in [-0.05, 0) is 55.3 Å². The number of amides is 1. The molecule has 0 spiro atoms. The number of aromatic nitrogens is 4. The lowest BCUT2D eigenvalue weighted by Gasteiger charge is -2.13. The van der Waals surface area contributed by atoms with Crippen molar-refractivity contribution in [2.75, 3.05) is 5.32 Å². The van der Waals surface area contributed by atoms with Crippen LogP contribution in [-0.4, -0.2) is 30.3 Å². The minimum atomic E-state index is -0.436. The number of carbonyl (C=O) groups excluding carboxylic acids is 1. The number of anilines is 1. The zero-order valence-corrected chi connectivity index (χ0v) is 19.6. The Labute approximate surface area is 200 Å². The average molecular weight is 470 g/mol. The number of thioether (sulfide) groups is 1.